The van der Waals surface area contributed by atoms with Crippen molar-refractivity contribution in [2.75, 3.05) is 26.4 Å². The van der Waals surface area contributed by atoms with E-state index in [-0.39, 0.29) is 62.7 Å². The second kappa shape index (κ2) is 22.5. The molecule has 68 heavy (non-hydrogen) atoms. The van der Waals surface area contributed by atoms with Gasteiger partial charge in [-0.25, -0.2) is 13.2 Å². The van der Waals surface area contributed by atoms with E-state index in [1.807, 2.05) is 85.8 Å². The van der Waals surface area contributed by atoms with Crippen LogP contribution in [0.2, 0.25) is 0 Å². The smallest absolute Gasteiger partial charge is 0.412 e. The molecule has 5 aromatic rings. The van der Waals surface area contributed by atoms with Crippen molar-refractivity contribution in [2.24, 2.45) is 22.9 Å². The van der Waals surface area contributed by atoms with E-state index < -0.39 is 39.8 Å². The zero-order valence-corrected chi connectivity index (χ0v) is 39.4. The highest BCUT2D eigenvalue weighted by atomic mass is 32.2. The number of hydrogen-bond acceptors (Lipinski definition) is 11. The van der Waals surface area contributed by atoms with Crippen LogP contribution in [0.15, 0.2) is 150 Å². The number of hydrogen-bond donors (Lipinski definition) is 3. The minimum atomic E-state index is -4.34. The Kier molecular flexibility index (Phi) is 16.0. The molecule has 6 unspecified atom stereocenters. The standard InChI is InChI=1S/C54H62N4O9S/c1-3-29-58(68(62,63)48-25-15-22-40-23-16-28-55-52(40)48)49-35-46(57-65-37-39-19-9-6-10-20-39)44-33-41(21-11-13-30-59)43(24-12-14-31-60)50-45-34-42(66-53(61)56-36-38-17-7-5-8-18-38)26-27-47(45)67-54(49,51(44)50)64-32-4-2/h4-10,15-20,22-23,25-28,33-34,41,43,49-51,59-60H,2-3,11-14,21,24,29-32,35-37H2,1H3,(H,56,61). The zero-order chi connectivity index (χ0) is 47.5. The van der Waals surface area contributed by atoms with Crippen LogP contribution in [0.25, 0.3) is 10.9 Å². The minimum Gasteiger partial charge on any atom is -0.460 e. The molecule has 0 spiro atoms. The Balaban J connectivity index is 1.32. The fraction of sp³-hybridized carbons (Fsp3) is 0.389. The molecule has 2 aliphatic carbocycles. The Bertz CT molecular complexity index is 2680. The summed E-state index contributed by atoms with van der Waals surface area (Å²) in [7, 11) is -4.34. The summed E-state index contributed by atoms with van der Waals surface area (Å²) >= 11 is 0. The summed E-state index contributed by atoms with van der Waals surface area (Å²) in [6.45, 7) is 6.68. The van der Waals surface area contributed by atoms with Crippen LogP contribution in [0.4, 0.5) is 4.79 Å². The number of nitrogens with zero attached hydrogens (tertiary/aromatic N) is 3. The molecule has 1 aromatic heterocycles. The first-order valence-electron chi connectivity index (χ1n) is 23.8. The zero-order valence-electron chi connectivity index (χ0n) is 38.6. The van der Waals surface area contributed by atoms with Gasteiger partial charge >= 0.3 is 6.09 Å². The van der Waals surface area contributed by atoms with Crippen LogP contribution in [-0.2, 0) is 32.7 Å². The van der Waals surface area contributed by atoms with Gasteiger partial charge in [0, 0.05) is 55.8 Å². The Hall–Kier alpha value is -5.90. The van der Waals surface area contributed by atoms with E-state index >= 15 is 8.42 Å². The number of carbonyl (C=O) groups is 1. The number of oxime groups is 1. The molecule has 1 fully saturated rings. The van der Waals surface area contributed by atoms with Crippen LogP contribution >= 0.6 is 0 Å². The number of aromatic nitrogens is 1. The number of allylic oxidation sites excluding steroid dienone is 1. The van der Waals surface area contributed by atoms with Crippen molar-refractivity contribution in [1.29, 1.82) is 0 Å². The number of para-hydroxylation sites is 1. The number of ether oxygens (including phenoxy) is 3. The van der Waals surface area contributed by atoms with E-state index in [1.54, 1.807) is 42.6 Å². The van der Waals surface area contributed by atoms with Crippen LogP contribution in [0.1, 0.15) is 80.9 Å². The number of sulfonamides is 1. The lowest BCUT2D eigenvalue weighted by atomic mass is 9.55. The predicted octanol–water partition coefficient (Wildman–Crippen LogP) is 9.46. The molecule has 3 N–H and O–H groups in total. The second-order valence-electron chi connectivity index (χ2n) is 17.7. The first kappa shape index (κ1) is 48.6. The van der Waals surface area contributed by atoms with Gasteiger partial charge < -0.3 is 34.6 Å². The number of fused-ring (bicyclic) bond motifs is 3. The van der Waals surface area contributed by atoms with Crippen LogP contribution in [0.3, 0.4) is 0 Å². The van der Waals surface area contributed by atoms with Gasteiger partial charge in [0.15, 0.2) is 0 Å². The summed E-state index contributed by atoms with van der Waals surface area (Å²) in [5.74, 6) is -2.04. The summed E-state index contributed by atoms with van der Waals surface area (Å²) < 4.78 is 53.2. The van der Waals surface area contributed by atoms with Gasteiger partial charge in [-0.2, -0.15) is 4.31 Å². The van der Waals surface area contributed by atoms with Crippen LogP contribution in [-0.4, -0.2) is 77.9 Å². The molecule has 4 aromatic carbocycles. The fourth-order valence-corrected chi connectivity index (χ4v) is 12.3. The number of rotatable bonds is 22. The van der Waals surface area contributed by atoms with Gasteiger partial charge in [0.2, 0.25) is 15.8 Å². The number of amides is 1. The molecule has 1 saturated carbocycles. The maximum Gasteiger partial charge on any atom is 0.412 e. The number of carbonyl (C=O) groups excluding carboxylic acids is 1. The van der Waals surface area contributed by atoms with Gasteiger partial charge in [0.25, 0.3) is 0 Å². The van der Waals surface area contributed by atoms with Crippen LogP contribution < -0.4 is 14.8 Å². The quantitative estimate of drug-likeness (QED) is 0.0345. The van der Waals surface area contributed by atoms with E-state index in [0.29, 0.717) is 60.2 Å². The van der Waals surface area contributed by atoms with Crippen LogP contribution in [0.5, 0.6) is 11.5 Å². The van der Waals surface area contributed by atoms with Crippen LogP contribution in [0, 0.1) is 17.8 Å². The number of unbranched alkanes of at least 4 members (excludes halogenated alkanes) is 2. The number of benzene rings is 4. The third-order valence-electron chi connectivity index (χ3n) is 13.4. The van der Waals surface area contributed by atoms with Crippen molar-refractivity contribution in [1.82, 2.24) is 14.6 Å². The molecule has 0 bridgehead atoms. The topological polar surface area (TPSA) is 169 Å². The molecule has 13 nitrogen and oxygen atoms in total. The number of aliphatic hydroxyl groups excluding tert-OH is 2. The highest BCUT2D eigenvalue weighted by molar-refractivity contribution is 7.89. The van der Waals surface area contributed by atoms with E-state index in [4.69, 9.17) is 24.2 Å². The Morgan fingerprint density at radius 2 is 1.68 bits per heavy atom. The summed E-state index contributed by atoms with van der Waals surface area (Å²) in [6.07, 6.45) is 9.56. The first-order chi connectivity index (χ1) is 33.2. The van der Waals surface area contributed by atoms with Gasteiger partial charge in [-0.3, -0.25) is 4.98 Å². The van der Waals surface area contributed by atoms with Gasteiger partial charge in [-0.15, -0.1) is 6.58 Å². The molecular formula is C54H62N4O9S. The van der Waals surface area contributed by atoms with Gasteiger partial charge in [0.1, 0.15) is 23.0 Å². The second-order valence-corrected chi connectivity index (χ2v) is 19.6. The Morgan fingerprint density at radius 1 is 0.941 bits per heavy atom. The van der Waals surface area contributed by atoms with E-state index in [2.05, 4.69) is 23.0 Å². The Labute approximate surface area is 399 Å². The average molecular weight is 943 g/mol. The minimum absolute atomic E-state index is 0.0315. The van der Waals surface area contributed by atoms with E-state index in [1.165, 1.54) is 4.31 Å². The van der Waals surface area contributed by atoms with E-state index in [9.17, 15) is 15.0 Å². The molecule has 0 saturated heterocycles. The summed E-state index contributed by atoms with van der Waals surface area (Å²) in [6, 6.07) is 32.5. The maximum atomic E-state index is 15.6. The molecule has 6 atom stereocenters. The molecule has 14 heteroatoms. The third kappa shape index (κ3) is 10.4. The van der Waals surface area contributed by atoms with Gasteiger partial charge in [-0.05, 0) is 91.0 Å². The van der Waals surface area contributed by atoms with Crippen molar-refractivity contribution in [3.05, 3.63) is 156 Å². The SMILES string of the molecule is C=CCOC12Oc3ccc(OC(=O)NCc4ccccc4)cc3C3C(CCCCO)C(CCCCO)C=C(C(=NOCc4ccccc4)CC1N(CCC)S(=O)(=O)c1cccc4cccnc14)C32. The highest BCUT2D eigenvalue weighted by Crippen LogP contribution is 2.62. The van der Waals surface area contributed by atoms with Crippen molar-refractivity contribution in [3.63, 3.8) is 0 Å². The van der Waals surface area contributed by atoms with Crippen molar-refractivity contribution in [2.45, 2.75) is 94.1 Å². The molecule has 1 amide bonds. The monoisotopic (exact) mass is 942 g/mol. The van der Waals surface area contributed by atoms with Crippen molar-refractivity contribution in [3.8, 4) is 11.5 Å². The molecule has 8 rings (SSSR count). The van der Waals surface area contributed by atoms with Gasteiger partial charge in [0.05, 0.1) is 29.8 Å². The predicted molar refractivity (Wildman–Crippen MR) is 261 cm³/mol. The van der Waals surface area contributed by atoms with Crippen molar-refractivity contribution >= 4 is 32.7 Å². The molecule has 2 heterocycles. The summed E-state index contributed by atoms with van der Waals surface area (Å²) in [5.41, 5.74) is 4.38. The Morgan fingerprint density at radius 3 is 2.41 bits per heavy atom. The third-order valence-corrected chi connectivity index (χ3v) is 15.3. The number of pyridine rings is 1. The molecule has 1 aliphatic heterocycles. The fourth-order valence-electron chi connectivity index (χ4n) is 10.4. The number of aliphatic hydroxyl groups is 2. The largest absolute Gasteiger partial charge is 0.460 e. The lowest BCUT2D eigenvalue weighted by Gasteiger charge is -2.59. The summed E-state index contributed by atoms with van der Waals surface area (Å²) in [4.78, 5) is 24.3. The average Bonchev–Trinajstić information content (AvgIpc) is 3.36. The lowest BCUT2D eigenvalue weighted by molar-refractivity contribution is -0.251. The normalized spacial score (nSPS) is 22.4. The van der Waals surface area contributed by atoms with Crippen molar-refractivity contribution < 1.29 is 42.5 Å². The molecule has 0 radical (unpaired) electrons. The maximum absolute atomic E-state index is 15.6. The lowest BCUT2D eigenvalue weighted by Crippen LogP contribution is -2.70. The first-order valence-corrected chi connectivity index (χ1v) is 25.3. The summed E-state index contributed by atoms with van der Waals surface area (Å²) in [5, 5.41) is 28.5. The van der Waals surface area contributed by atoms with E-state index in [0.717, 1.165) is 35.1 Å². The van der Waals surface area contributed by atoms with Gasteiger partial charge in [-0.1, -0.05) is 116 Å². The molecule has 3 aliphatic rings. The highest BCUT2D eigenvalue weighted by Gasteiger charge is 2.66. The number of nitrogens with one attached hydrogen (secondary N) is 1. The molecule has 358 valence electrons. The molecular weight excluding hydrogens is 881 g/mol.